The monoisotopic (exact) mass is 381 g/mol. The molecule has 106 valence electrons. The van der Waals surface area contributed by atoms with Crippen LogP contribution in [0, 0.1) is 11.6 Å². The van der Waals surface area contributed by atoms with Gasteiger partial charge in [0.05, 0.1) is 10.6 Å². The van der Waals surface area contributed by atoms with Crippen molar-refractivity contribution in [1.29, 1.82) is 0 Å². The van der Waals surface area contributed by atoms with Gasteiger partial charge in [0.15, 0.2) is 5.82 Å². The van der Waals surface area contributed by atoms with Gasteiger partial charge in [0.2, 0.25) is 0 Å². The van der Waals surface area contributed by atoms with Gasteiger partial charge in [0.1, 0.15) is 5.82 Å². The first-order valence-electron chi connectivity index (χ1n) is 5.22. The minimum Gasteiger partial charge on any atom is -0.275 e. The van der Waals surface area contributed by atoms with Crippen molar-refractivity contribution < 1.29 is 17.2 Å². The largest absolute Gasteiger partial charge is 0.275 e. The summed E-state index contributed by atoms with van der Waals surface area (Å²) in [7, 11) is -3.99. The van der Waals surface area contributed by atoms with Crippen molar-refractivity contribution in [3.8, 4) is 0 Å². The minimum absolute atomic E-state index is 0.0347. The average molecular weight is 383 g/mol. The third-order valence-corrected chi connectivity index (χ3v) is 4.61. The third-order valence-electron chi connectivity index (χ3n) is 2.37. The van der Waals surface area contributed by atoms with Gasteiger partial charge in [-0.15, -0.1) is 0 Å². The molecular formula is C12H7BrClF2NO2S. The predicted molar refractivity (Wildman–Crippen MR) is 76.3 cm³/mol. The molecular weight excluding hydrogens is 376 g/mol. The first-order chi connectivity index (χ1) is 9.29. The maximum Gasteiger partial charge on any atom is 0.262 e. The number of benzene rings is 2. The van der Waals surface area contributed by atoms with Crippen molar-refractivity contribution in [1.82, 2.24) is 0 Å². The molecule has 0 saturated heterocycles. The van der Waals surface area contributed by atoms with Crippen LogP contribution in [0.5, 0.6) is 0 Å². The third kappa shape index (κ3) is 3.28. The van der Waals surface area contributed by atoms with Crippen molar-refractivity contribution in [2.75, 3.05) is 4.72 Å². The molecule has 0 amide bonds. The van der Waals surface area contributed by atoms with Crippen LogP contribution >= 0.6 is 27.5 Å². The van der Waals surface area contributed by atoms with Crippen LogP contribution in [0.2, 0.25) is 5.02 Å². The van der Waals surface area contributed by atoms with Crippen LogP contribution in [0.3, 0.4) is 0 Å². The second-order valence-electron chi connectivity index (χ2n) is 3.80. The predicted octanol–water partition coefficient (Wildman–Crippen LogP) is 4.18. The Labute approximate surface area is 127 Å². The van der Waals surface area contributed by atoms with Gasteiger partial charge in [-0.2, -0.15) is 0 Å². The Morgan fingerprint density at radius 2 is 1.70 bits per heavy atom. The second-order valence-corrected chi connectivity index (χ2v) is 6.78. The summed E-state index contributed by atoms with van der Waals surface area (Å²) in [6.45, 7) is 0. The van der Waals surface area contributed by atoms with Crippen LogP contribution < -0.4 is 4.72 Å². The molecule has 2 rings (SSSR count). The summed E-state index contributed by atoms with van der Waals surface area (Å²) in [6, 6.07) is 6.89. The zero-order chi connectivity index (χ0) is 14.9. The lowest BCUT2D eigenvalue weighted by atomic mass is 10.3. The molecule has 0 radical (unpaired) electrons. The lowest BCUT2D eigenvalue weighted by Crippen LogP contribution is -2.14. The maximum absolute atomic E-state index is 13.6. The Bertz CT molecular complexity index is 728. The van der Waals surface area contributed by atoms with Gasteiger partial charge in [0, 0.05) is 15.6 Å². The molecule has 3 nitrogen and oxygen atoms in total. The highest BCUT2D eigenvalue weighted by Gasteiger charge is 2.19. The zero-order valence-corrected chi connectivity index (χ0v) is 12.9. The Morgan fingerprint density at radius 3 is 2.25 bits per heavy atom. The van der Waals surface area contributed by atoms with Crippen LogP contribution in [0.25, 0.3) is 0 Å². The fourth-order valence-corrected chi connectivity index (χ4v) is 3.30. The molecule has 0 fully saturated rings. The van der Waals surface area contributed by atoms with Crippen LogP contribution in [-0.2, 0) is 10.0 Å². The van der Waals surface area contributed by atoms with Crippen molar-refractivity contribution >= 4 is 43.2 Å². The highest BCUT2D eigenvalue weighted by atomic mass is 79.9. The van der Waals surface area contributed by atoms with Gasteiger partial charge >= 0.3 is 0 Å². The molecule has 0 atom stereocenters. The number of hydrogen-bond donors (Lipinski definition) is 1. The van der Waals surface area contributed by atoms with E-state index in [0.29, 0.717) is 11.1 Å². The highest BCUT2D eigenvalue weighted by Crippen LogP contribution is 2.29. The van der Waals surface area contributed by atoms with E-state index < -0.39 is 21.7 Å². The van der Waals surface area contributed by atoms with Gasteiger partial charge in [-0.25, -0.2) is 17.2 Å². The Balaban J connectivity index is 2.41. The quantitative estimate of drug-likeness (QED) is 0.865. The molecule has 8 heteroatoms. The summed E-state index contributed by atoms with van der Waals surface area (Å²) < 4.78 is 52.7. The summed E-state index contributed by atoms with van der Waals surface area (Å²) in [5.41, 5.74) is -0.360. The van der Waals surface area contributed by atoms with E-state index in [9.17, 15) is 17.2 Å². The standard InChI is InChI=1S/C12H7BrClF2NO2S/c13-10-5-8(15)6-11(16)12(10)17-20(18,19)9-3-1-7(14)2-4-9/h1-6,17H. The van der Waals surface area contributed by atoms with Gasteiger partial charge < -0.3 is 0 Å². The topological polar surface area (TPSA) is 46.2 Å². The second kappa shape index (κ2) is 5.67. The van der Waals surface area contributed by atoms with Gasteiger partial charge in [-0.1, -0.05) is 11.6 Å². The Kier molecular flexibility index (Phi) is 4.31. The number of nitrogens with one attached hydrogen (secondary N) is 1. The van der Waals surface area contributed by atoms with Crippen LogP contribution in [0.4, 0.5) is 14.5 Å². The summed E-state index contributed by atoms with van der Waals surface area (Å²) in [5, 5.41) is 0.373. The van der Waals surface area contributed by atoms with Crippen LogP contribution in [0.15, 0.2) is 45.8 Å². The van der Waals surface area contributed by atoms with Crippen molar-refractivity contribution in [2.24, 2.45) is 0 Å². The number of anilines is 1. The van der Waals surface area contributed by atoms with Crippen LogP contribution in [-0.4, -0.2) is 8.42 Å². The van der Waals surface area contributed by atoms with E-state index in [1.807, 2.05) is 0 Å². The van der Waals surface area contributed by atoms with E-state index in [0.717, 1.165) is 6.07 Å². The molecule has 0 saturated carbocycles. The normalized spacial score (nSPS) is 11.4. The smallest absolute Gasteiger partial charge is 0.262 e. The molecule has 0 aromatic heterocycles. The van der Waals surface area contributed by atoms with E-state index >= 15 is 0 Å². The van der Waals surface area contributed by atoms with E-state index in [1.54, 1.807) is 0 Å². The Hall–Kier alpha value is -1.18. The molecule has 20 heavy (non-hydrogen) atoms. The number of rotatable bonds is 3. The molecule has 2 aromatic carbocycles. The Morgan fingerprint density at radius 1 is 1.10 bits per heavy atom. The SMILES string of the molecule is O=S(=O)(Nc1c(F)cc(F)cc1Br)c1ccc(Cl)cc1. The summed E-state index contributed by atoms with van der Waals surface area (Å²) in [4.78, 5) is -0.0856. The van der Waals surface area contributed by atoms with Gasteiger partial charge in [-0.3, -0.25) is 4.72 Å². The van der Waals surface area contributed by atoms with E-state index in [4.69, 9.17) is 11.6 Å². The summed E-state index contributed by atoms with van der Waals surface area (Å²) in [5.74, 6) is -1.83. The number of halogens is 4. The summed E-state index contributed by atoms with van der Waals surface area (Å²) in [6.07, 6.45) is 0. The lowest BCUT2D eigenvalue weighted by Gasteiger charge is -2.11. The van der Waals surface area contributed by atoms with Gasteiger partial charge in [-0.05, 0) is 46.3 Å². The number of hydrogen-bond acceptors (Lipinski definition) is 2. The average Bonchev–Trinajstić information content (AvgIpc) is 2.34. The molecule has 0 bridgehead atoms. The van der Waals surface area contributed by atoms with Crippen LogP contribution in [0.1, 0.15) is 0 Å². The molecule has 0 unspecified atom stereocenters. The molecule has 2 aromatic rings. The van der Waals surface area contributed by atoms with E-state index in [2.05, 4.69) is 20.7 Å². The molecule has 0 aliphatic rings. The first-order valence-corrected chi connectivity index (χ1v) is 7.88. The van der Waals surface area contributed by atoms with E-state index in [1.165, 1.54) is 24.3 Å². The lowest BCUT2D eigenvalue weighted by molar-refractivity contribution is 0.581. The molecule has 0 aliphatic heterocycles. The first kappa shape index (κ1) is 15.2. The van der Waals surface area contributed by atoms with Crippen molar-refractivity contribution in [3.63, 3.8) is 0 Å². The van der Waals surface area contributed by atoms with Crippen molar-refractivity contribution in [3.05, 3.63) is 57.5 Å². The molecule has 0 spiro atoms. The summed E-state index contributed by atoms with van der Waals surface area (Å²) >= 11 is 8.57. The zero-order valence-electron chi connectivity index (χ0n) is 9.70. The fourth-order valence-electron chi connectivity index (χ4n) is 1.45. The highest BCUT2D eigenvalue weighted by molar-refractivity contribution is 9.10. The molecule has 0 aliphatic carbocycles. The minimum atomic E-state index is -3.99. The molecule has 0 heterocycles. The van der Waals surface area contributed by atoms with Crippen molar-refractivity contribution in [2.45, 2.75) is 4.90 Å². The van der Waals surface area contributed by atoms with E-state index in [-0.39, 0.29) is 15.1 Å². The van der Waals surface area contributed by atoms with Gasteiger partial charge in [0.25, 0.3) is 10.0 Å². The molecule has 1 N–H and O–H groups in total. The number of sulfonamides is 1. The maximum atomic E-state index is 13.6. The fraction of sp³-hybridized carbons (Fsp3) is 0.